The maximum absolute atomic E-state index is 6.04. The molecule has 0 amide bonds. The van der Waals surface area contributed by atoms with Crippen LogP contribution in [0.3, 0.4) is 0 Å². The number of morpholine rings is 1. The van der Waals surface area contributed by atoms with Crippen LogP contribution in [-0.4, -0.2) is 50.9 Å². The first-order chi connectivity index (χ1) is 10.2. The second-order valence-corrected chi connectivity index (χ2v) is 6.18. The molecule has 5 heteroatoms. The Labute approximate surface area is 135 Å². The van der Waals surface area contributed by atoms with Crippen molar-refractivity contribution >= 4 is 15.9 Å². The highest BCUT2D eigenvalue weighted by molar-refractivity contribution is 9.10. The smallest absolute Gasteiger partial charge is 0.125 e. The standard InChI is InChI=1S/C16H25BrN2O2/c1-3-18-13(2)15-5-4-14(17)12-16(15)21-11-8-19-6-9-20-10-7-19/h4-5,12-13,18H,3,6-11H2,1-2H3. The van der Waals surface area contributed by atoms with Crippen LogP contribution in [0.5, 0.6) is 5.75 Å². The number of nitrogens with zero attached hydrogens (tertiary/aromatic N) is 1. The maximum Gasteiger partial charge on any atom is 0.125 e. The molecule has 0 spiro atoms. The van der Waals surface area contributed by atoms with Gasteiger partial charge in [0.05, 0.1) is 13.2 Å². The third-order valence-corrected chi connectivity index (χ3v) is 4.21. The van der Waals surface area contributed by atoms with Crippen LogP contribution in [0.25, 0.3) is 0 Å². The van der Waals surface area contributed by atoms with Crippen LogP contribution in [0.4, 0.5) is 0 Å². The van der Waals surface area contributed by atoms with Gasteiger partial charge in [0.1, 0.15) is 12.4 Å². The fourth-order valence-electron chi connectivity index (χ4n) is 2.52. The van der Waals surface area contributed by atoms with Gasteiger partial charge in [-0.15, -0.1) is 0 Å². The van der Waals surface area contributed by atoms with E-state index in [2.05, 4.69) is 58.2 Å². The van der Waals surface area contributed by atoms with Gasteiger partial charge in [-0.3, -0.25) is 4.90 Å². The van der Waals surface area contributed by atoms with E-state index in [1.165, 1.54) is 5.56 Å². The number of benzene rings is 1. The van der Waals surface area contributed by atoms with E-state index in [1.54, 1.807) is 0 Å². The molecular weight excluding hydrogens is 332 g/mol. The Balaban J connectivity index is 1.92. The van der Waals surface area contributed by atoms with Gasteiger partial charge in [0.25, 0.3) is 0 Å². The molecule has 0 aromatic heterocycles. The van der Waals surface area contributed by atoms with E-state index in [1.807, 2.05) is 0 Å². The summed E-state index contributed by atoms with van der Waals surface area (Å²) in [5, 5.41) is 3.44. The highest BCUT2D eigenvalue weighted by Crippen LogP contribution is 2.28. The van der Waals surface area contributed by atoms with Gasteiger partial charge in [-0.05, 0) is 25.6 Å². The molecule has 1 aromatic rings. The number of nitrogens with one attached hydrogen (secondary N) is 1. The van der Waals surface area contributed by atoms with Crippen molar-refractivity contribution in [1.82, 2.24) is 10.2 Å². The first kappa shape index (κ1) is 16.7. The number of rotatable bonds is 7. The molecule has 1 aliphatic heterocycles. The first-order valence-electron chi connectivity index (χ1n) is 7.66. The van der Waals surface area contributed by atoms with Crippen LogP contribution in [-0.2, 0) is 4.74 Å². The molecule has 1 fully saturated rings. The minimum Gasteiger partial charge on any atom is -0.492 e. The molecule has 1 aromatic carbocycles. The van der Waals surface area contributed by atoms with E-state index in [9.17, 15) is 0 Å². The lowest BCUT2D eigenvalue weighted by atomic mass is 10.1. The second-order valence-electron chi connectivity index (χ2n) is 5.26. The fraction of sp³-hybridized carbons (Fsp3) is 0.625. The van der Waals surface area contributed by atoms with Crippen LogP contribution in [0.15, 0.2) is 22.7 Å². The van der Waals surface area contributed by atoms with E-state index in [-0.39, 0.29) is 0 Å². The molecule has 1 N–H and O–H groups in total. The molecule has 1 saturated heterocycles. The highest BCUT2D eigenvalue weighted by Gasteiger charge is 2.13. The van der Waals surface area contributed by atoms with Gasteiger partial charge in [-0.25, -0.2) is 0 Å². The van der Waals surface area contributed by atoms with Gasteiger partial charge in [0.2, 0.25) is 0 Å². The van der Waals surface area contributed by atoms with Gasteiger partial charge in [0, 0.05) is 35.7 Å². The summed E-state index contributed by atoms with van der Waals surface area (Å²) in [7, 11) is 0. The Morgan fingerprint density at radius 2 is 2.14 bits per heavy atom. The Bertz CT molecular complexity index is 436. The van der Waals surface area contributed by atoms with Crippen LogP contribution in [0.2, 0.25) is 0 Å². The zero-order valence-electron chi connectivity index (χ0n) is 12.9. The summed E-state index contributed by atoms with van der Waals surface area (Å²) in [5.74, 6) is 0.964. The number of hydrogen-bond donors (Lipinski definition) is 1. The minimum absolute atomic E-state index is 0.293. The van der Waals surface area contributed by atoms with Crippen molar-refractivity contribution in [3.05, 3.63) is 28.2 Å². The zero-order valence-corrected chi connectivity index (χ0v) is 14.5. The summed E-state index contributed by atoms with van der Waals surface area (Å²) in [4.78, 5) is 2.38. The summed E-state index contributed by atoms with van der Waals surface area (Å²) in [6, 6.07) is 6.55. The van der Waals surface area contributed by atoms with Crippen LogP contribution in [0, 0.1) is 0 Å². The third-order valence-electron chi connectivity index (χ3n) is 3.72. The molecule has 1 heterocycles. The topological polar surface area (TPSA) is 33.7 Å². The predicted octanol–water partition coefficient (Wildman–Crippen LogP) is 2.83. The SMILES string of the molecule is CCNC(C)c1ccc(Br)cc1OCCN1CCOCC1. The first-order valence-corrected chi connectivity index (χ1v) is 8.45. The Hall–Kier alpha value is -0.620. The van der Waals surface area contributed by atoms with Gasteiger partial charge in [-0.2, -0.15) is 0 Å². The van der Waals surface area contributed by atoms with Crippen molar-refractivity contribution in [3.8, 4) is 5.75 Å². The molecule has 0 radical (unpaired) electrons. The van der Waals surface area contributed by atoms with Gasteiger partial charge < -0.3 is 14.8 Å². The van der Waals surface area contributed by atoms with Crippen molar-refractivity contribution < 1.29 is 9.47 Å². The molecule has 4 nitrogen and oxygen atoms in total. The van der Waals surface area contributed by atoms with Crippen molar-refractivity contribution in [2.75, 3.05) is 46.0 Å². The monoisotopic (exact) mass is 356 g/mol. The summed E-state index contributed by atoms with van der Waals surface area (Å²) in [6.45, 7) is 10.6. The van der Waals surface area contributed by atoms with E-state index >= 15 is 0 Å². The Morgan fingerprint density at radius 1 is 1.38 bits per heavy atom. The van der Waals surface area contributed by atoms with Gasteiger partial charge in [-0.1, -0.05) is 28.9 Å². The molecule has 21 heavy (non-hydrogen) atoms. The maximum atomic E-state index is 6.04. The Kier molecular flexibility index (Phi) is 6.96. The van der Waals surface area contributed by atoms with Crippen molar-refractivity contribution in [2.24, 2.45) is 0 Å². The fourth-order valence-corrected chi connectivity index (χ4v) is 2.86. The predicted molar refractivity (Wildman–Crippen MR) is 89.0 cm³/mol. The molecule has 1 aliphatic rings. The average Bonchev–Trinajstić information content (AvgIpc) is 2.49. The lowest BCUT2D eigenvalue weighted by molar-refractivity contribution is 0.0322. The van der Waals surface area contributed by atoms with Crippen molar-refractivity contribution in [2.45, 2.75) is 19.9 Å². The average molecular weight is 357 g/mol. The van der Waals surface area contributed by atoms with Gasteiger partial charge in [0.15, 0.2) is 0 Å². The summed E-state index contributed by atoms with van der Waals surface area (Å²) in [5.41, 5.74) is 1.21. The summed E-state index contributed by atoms with van der Waals surface area (Å²) in [6.07, 6.45) is 0. The second kappa shape index (κ2) is 8.73. The molecule has 2 rings (SSSR count). The molecular formula is C16H25BrN2O2. The van der Waals surface area contributed by atoms with Crippen LogP contribution >= 0.6 is 15.9 Å². The Morgan fingerprint density at radius 3 is 2.86 bits per heavy atom. The summed E-state index contributed by atoms with van der Waals surface area (Å²) >= 11 is 3.53. The molecule has 1 unspecified atom stereocenters. The van der Waals surface area contributed by atoms with E-state index in [0.717, 1.165) is 49.6 Å². The molecule has 0 bridgehead atoms. The quantitative estimate of drug-likeness (QED) is 0.814. The third kappa shape index (κ3) is 5.25. The minimum atomic E-state index is 0.293. The number of halogens is 1. The molecule has 118 valence electrons. The van der Waals surface area contributed by atoms with E-state index in [0.29, 0.717) is 12.6 Å². The molecule has 0 aliphatic carbocycles. The molecule has 1 atom stereocenters. The lowest BCUT2D eigenvalue weighted by Gasteiger charge is -2.26. The van der Waals surface area contributed by atoms with E-state index in [4.69, 9.17) is 9.47 Å². The largest absolute Gasteiger partial charge is 0.492 e. The van der Waals surface area contributed by atoms with Crippen molar-refractivity contribution in [3.63, 3.8) is 0 Å². The van der Waals surface area contributed by atoms with Crippen LogP contribution in [0.1, 0.15) is 25.5 Å². The van der Waals surface area contributed by atoms with Gasteiger partial charge >= 0.3 is 0 Å². The van der Waals surface area contributed by atoms with Crippen molar-refractivity contribution in [1.29, 1.82) is 0 Å². The number of ether oxygens (including phenoxy) is 2. The van der Waals surface area contributed by atoms with E-state index < -0.39 is 0 Å². The number of hydrogen-bond acceptors (Lipinski definition) is 4. The normalized spacial score (nSPS) is 17.7. The highest BCUT2D eigenvalue weighted by atomic mass is 79.9. The van der Waals surface area contributed by atoms with Crippen LogP contribution < -0.4 is 10.1 Å². The summed E-state index contributed by atoms with van der Waals surface area (Å²) < 4.78 is 12.4. The zero-order chi connectivity index (χ0) is 15.1. The lowest BCUT2D eigenvalue weighted by Crippen LogP contribution is -2.38. The molecule has 0 saturated carbocycles.